The first-order valence-electron chi connectivity index (χ1n) is 14.2. The van der Waals surface area contributed by atoms with Gasteiger partial charge in [0.15, 0.2) is 23.0 Å². The molecule has 1 atom stereocenters. The fourth-order valence-corrected chi connectivity index (χ4v) is 5.01. The molecule has 1 fully saturated rings. The molecule has 1 unspecified atom stereocenters. The Morgan fingerprint density at radius 2 is 1.80 bits per heavy atom. The third kappa shape index (κ3) is 7.31. The number of carbonyl (C=O) groups is 2. The highest BCUT2D eigenvalue weighted by Gasteiger charge is 2.43. The number of carbonyl (C=O) groups excluding carboxylic acids is 2. The van der Waals surface area contributed by atoms with Crippen molar-refractivity contribution in [1.29, 1.82) is 0 Å². The van der Waals surface area contributed by atoms with Crippen LogP contribution in [0.1, 0.15) is 50.3 Å². The summed E-state index contributed by atoms with van der Waals surface area (Å²) in [5, 5.41) is 11.0. The lowest BCUT2D eigenvalue weighted by Crippen LogP contribution is -2.39. The second-order valence-corrected chi connectivity index (χ2v) is 9.92. The molecule has 0 bridgehead atoms. The summed E-state index contributed by atoms with van der Waals surface area (Å²) < 4.78 is 17.3. The molecule has 0 spiro atoms. The zero-order valence-corrected chi connectivity index (χ0v) is 23.5. The summed E-state index contributed by atoms with van der Waals surface area (Å²) in [4.78, 5) is 30.8. The van der Waals surface area contributed by atoms with Crippen molar-refractivity contribution in [2.24, 2.45) is 0 Å². The van der Waals surface area contributed by atoms with Gasteiger partial charge in [0.25, 0.3) is 5.91 Å². The number of hydrogen-bond acceptors (Lipinski definition) is 7. The van der Waals surface area contributed by atoms with Crippen molar-refractivity contribution < 1.29 is 28.9 Å². The minimum Gasteiger partial charge on any atom is -0.503 e. The van der Waals surface area contributed by atoms with Gasteiger partial charge < -0.3 is 24.2 Å². The molecule has 0 aromatic heterocycles. The van der Waals surface area contributed by atoms with Crippen LogP contribution in [0.4, 0.5) is 0 Å². The Hall–Kier alpha value is -3.62. The molecule has 8 nitrogen and oxygen atoms in total. The number of nitrogens with zero attached hydrogens (tertiary/aromatic N) is 2. The van der Waals surface area contributed by atoms with Crippen molar-refractivity contribution in [2.75, 3.05) is 52.6 Å². The third-order valence-electron chi connectivity index (χ3n) is 7.11. The summed E-state index contributed by atoms with van der Waals surface area (Å²) in [6.45, 7) is 9.30. The number of ether oxygens (including phenoxy) is 3. The molecule has 8 heteroatoms. The molecule has 2 aromatic carbocycles. The molecule has 2 aliphatic rings. The smallest absolute Gasteiger partial charge is 0.290 e. The van der Waals surface area contributed by atoms with Gasteiger partial charge in [-0.2, -0.15) is 0 Å². The molecule has 40 heavy (non-hydrogen) atoms. The number of rotatable bonds is 14. The van der Waals surface area contributed by atoms with Gasteiger partial charge in [0.2, 0.25) is 0 Å². The topological polar surface area (TPSA) is 88.5 Å². The van der Waals surface area contributed by atoms with E-state index in [1.165, 1.54) is 6.08 Å². The molecule has 2 aliphatic heterocycles. The summed E-state index contributed by atoms with van der Waals surface area (Å²) in [6.07, 6.45) is 5.75. The summed E-state index contributed by atoms with van der Waals surface area (Å²) in [5.74, 6) is -0.274. The standard InChI is InChI=1S/C32H40N2O6/c1-3-5-20-40-27-15-13-25(23-28(27)39-4-2)30-29(26(35)14-12-24-10-7-6-8-11-24)31(36)32(37)34(30)17-9-16-33-18-21-38-22-19-33/h6-8,10-15,23,30,36H,3-5,9,16-22H2,1-2H3/b14-12+. The van der Waals surface area contributed by atoms with Gasteiger partial charge in [0.05, 0.1) is 38.0 Å². The van der Waals surface area contributed by atoms with Crippen LogP contribution < -0.4 is 9.47 Å². The number of allylic oxidation sites excluding steroid dienone is 1. The fraction of sp³-hybridized carbons (Fsp3) is 0.438. The van der Waals surface area contributed by atoms with Crippen LogP contribution in [0.2, 0.25) is 0 Å². The van der Waals surface area contributed by atoms with E-state index in [0.717, 1.165) is 38.0 Å². The molecule has 214 valence electrons. The van der Waals surface area contributed by atoms with Gasteiger partial charge in [-0.05, 0) is 49.1 Å². The highest BCUT2D eigenvalue weighted by atomic mass is 16.5. The van der Waals surface area contributed by atoms with E-state index >= 15 is 0 Å². The van der Waals surface area contributed by atoms with Gasteiger partial charge in [0, 0.05) is 26.2 Å². The number of benzene rings is 2. The van der Waals surface area contributed by atoms with E-state index in [1.54, 1.807) is 11.0 Å². The lowest BCUT2D eigenvalue weighted by atomic mass is 9.95. The Labute approximate surface area is 236 Å². The zero-order valence-electron chi connectivity index (χ0n) is 23.5. The van der Waals surface area contributed by atoms with Gasteiger partial charge in [-0.15, -0.1) is 0 Å². The maximum absolute atomic E-state index is 13.5. The summed E-state index contributed by atoms with van der Waals surface area (Å²) in [6, 6.07) is 14.2. The molecule has 1 amide bonds. The Balaban J connectivity index is 1.63. The molecule has 0 aliphatic carbocycles. The summed E-state index contributed by atoms with van der Waals surface area (Å²) >= 11 is 0. The molecule has 2 aromatic rings. The van der Waals surface area contributed by atoms with Crippen LogP contribution in [0.15, 0.2) is 65.9 Å². The third-order valence-corrected chi connectivity index (χ3v) is 7.11. The van der Waals surface area contributed by atoms with Gasteiger partial charge in [-0.3, -0.25) is 14.5 Å². The van der Waals surface area contributed by atoms with Gasteiger partial charge >= 0.3 is 0 Å². The molecular weight excluding hydrogens is 508 g/mol. The average molecular weight is 549 g/mol. The Morgan fingerprint density at radius 1 is 1.02 bits per heavy atom. The highest BCUT2D eigenvalue weighted by Crippen LogP contribution is 2.41. The Kier molecular flexibility index (Phi) is 10.8. The van der Waals surface area contributed by atoms with Crippen molar-refractivity contribution in [3.8, 4) is 11.5 Å². The second-order valence-electron chi connectivity index (χ2n) is 9.92. The SMILES string of the molecule is CCCCOc1ccc(C2C(C(=O)/C=C/c3ccccc3)=C(O)C(=O)N2CCCN2CCOCC2)cc1OCC. The van der Waals surface area contributed by atoms with Crippen molar-refractivity contribution in [1.82, 2.24) is 9.80 Å². The number of hydrogen-bond donors (Lipinski definition) is 1. The lowest BCUT2D eigenvalue weighted by molar-refractivity contribution is -0.129. The van der Waals surface area contributed by atoms with E-state index in [1.807, 2.05) is 55.5 Å². The number of ketones is 1. The maximum Gasteiger partial charge on any atom is 0.290 e. The normalized spacial score (nSPS) is 18.1. The minimum absolute atomic E-state index is 0.0747. The first-order valence-corrected chi connectivity index (χ1v) is 14.2. The molecule has 0 radical (unpaired) electrons. The van der Waals surface area contributed by atoms with Gasteiger partial charge in [0.1, 0.15) is 0 Å². The molecule has 1 N–H and O–H groups in total. The fourth-order valence-electron chi connectivity index (χ4n) is 5.01. The number of morpholine rings is 1. The van der Waals surface area contributed by atoms with Crippen LogP contribution in [-0.2, 0) is 14.3 Å². The molecule has 0 saturated carbocycles. The van der Waals surface area contributed by atoms with E-state index in [-0.39, 0.29) is 5.57 Å². The summed E-state index contributed by atoms with van der Waals surface area (Å²) in [7, 11) is 0. The van der Waals surface area contributed by atoms with Gasteiger partial charge in [-0.25, -0.2) is 0 Å². The predicted octanol–water partition coefficient (Wildman–Crippen LogP) is 4.96. The molecule has 4 rings (SSSR count). The number of aliphatic hydroxyl groups excluding tert-OH is 1. The van der Waals surface area contributed by atoms with Crippen LogP contribution >= 0.6 is 0 Å². The van der Waals surface area contributed by atoms with Crippen LogP contribution in [0.5, 0.6) is 11.5 Å². The first-order chi connectivity index (χ1) is 19.5. The largest absolute Gasteiger partial charge is 0.503 e. The number of amides is 1. The lowest BCUT2D eigenvalue weighted by Gasteiger charge is -2.30. The quantitative estimate of drug-likeness (QED) is 0.264. The van der Waals surface area contributed by atoms with E-state index in [0.29, 0.717) is 56.5 Å². The van der Waals surface area contributed by atoms with Crippen LogP contribution in [0.25, 0.3) is 6.08 Å². The second kappa shape index (κ2) is 14.7. The van der Waals surface area contributed by atoms with Crippen LogP contribution in [0, 0.1) is 0 Å². The molecule has 1 saturated heterocycles. The van der Waals surface area contributed by atoms with Crippen molar-refractivity contribution in [3.05, 3.63) is 77.1 Å². The van der Waals surface area contributed by atoms with E-state index in [2.05, 4.69) is 11.8 Å². The average Bonchev–Trinajstić information content (AvgIpc) is 3.23. The van der Waals surface area contributed by atoms with E-state index in [9.17, 15) is 14.7 Å². The van der Waals surface area contributed by atoms with Crippen LogP contribution in [-0.4, -0.2) is 79.2 Å². The first kappa shape index (κ1) is 29.4. The monoisotopic (exact) mass is 548 g/mol. The van der Waals surface area contributed by atoms with Crippen molar-refractivity contribution >= 4 is 17.8 Å². The number of unbranched alkanes of at least 4 members (excludes halogenated alkanes) is 1. The zero-order chi connectivity index (χ0) is 28.3. The van der Waals surface area contributed by atoms with E-state index in [4.69, 9.17) is 14.2 Å². The highest BCUT2D eigenvalue weighted by molar-refractivity contribution is 6.14. The Morgan fingerprint density at radius 3 is 2.52 bits per heavy atom. The number of aliphatic hydroxyl groups is 1. The summed E-state index contributed by atoms with van der Waals surface area (Å²) in [5.41, 5.74) is 1.61. The minimum atomic E-state index is -0.742. The maximum atomic E-state index is 13.5. The molecular formula is C32H40N2O6. The molecule has 2 heterocycles. The van der Waals surface area contributed by atoms with Crippen LogP contribution in [0.3, 0.4) is 0 Å². The van der Waals surface area contributed by atoms with Crippen molar-refractivity contribution in [3.63, 3.8) is 0 Å². The van der Waals surface area contributed by atoms with Crippen molar-refractivity contribution in [2.45, 2.75) is 39.2 Å². The van der Waals surface area contributed by atoms with E-state index < -0.39 is 23.5 Å². The van der Waals surface area contributed by atoms with Gasteiger partial charge in [-0.1, -0.05) is 55.8 Å². The predicted molar refractivity (Wildman–Crippen MR) is 154 cm³/mol. The Bertz CT molecular complexity index is 1200.